The number of carbonyl (C=O) groups is 1. The minimum atomic E-state index is 0.284. The molecule has 0 spiro atoms. The lowest BCUT2D eigenvalue weighted by molar-refractivity contribution is -0.127. The van der Waals surface area contributed by atoms with E-state index in [4.69, 9.17) is 4.42 Å². The lowest BCUT2D eigenvalue weighted by Gasteiger charge is -2.22. The van der Waals surface area contributed by atoms with Gasteiger partial charge in [0.05, 0.1) is 12.5 Å². The molecule has 0 unspecified atom stereocenters. The number of likely N-dealkylation sites (N-methyl/N-ethyl adjacent to an activating group) is 1. The summed E-state index contributed by atoms with van der Waals surface area (Å²) in [6.45, 7) is 1.98. The van der Waals surface area contributed by atoms with Crippen molar-refractivity contribution in [1.29, 1.82) is 0 Å². The van der Waals surface area contributed by atoms with E-state index in [-0.39, 0.29) is 5.91 Å². The van der Waals surface area contributed by atoms with Crippen LogP contribution in [-0.4, -0.2) is 41.4 Å². The zero-order valence-electron chi connectivity index (χ0n) is 9.43. The smallest absolute Gasteiger partial charge is 0.224 e. The number of rotatable bonds is 2. The highest BCUT2D eigenvalue weighted by Gasteiger charge is 2.44. The van der Waals surface area contributed by atoms with Crippen molar-refractivity contribution in [2.75, 3.05) is 13.6 Å². The summed E-state index contributed by atoms with van der Waals surface area (Å²) in [6, 6.07) is 2.83. The van der Waals surface area contributed by atoms with Crippen molar-refractivity contribution >= 4 is 5.91 Å². The van der Waals surface area contributed by atoms with E-state index in [1.165, 1.54) is 5.56 Å². The van der Waals surface area contributed by atoms with Crippen molar-refractivity contribution in [3.05, 3.63) is 24.2 Å². The van der Waals surface area contributed by atoms with E-state index < -0.39 is 0 Å². The Morgan fingerprint density at radius 2 is 2.38 bits per heavy atom. The molecule has 1 aromatic heterocycles. The Hall–Kier alpha value is -1.29. The number of fused-ring (bicyclic) bond motifs is 1. The van der Waals surface area contributed by atoms with Gasteiger partial charge in [0.1, 0.15) is 0 Å². The lowest BCUT2D eigenvalue weighted by Crippen LogP contribution is -2.34. The molecule has 1 amide bonds. The molecule has 2 aliphatic rings. The van der Waals surface area contributed by atoms with Gasteiger partial charge in [-0.1, -0.05) is 0 Å². The van der Waals surface area contributed by atoms with E-state index in [1.807, 2.05) is 18.0 Å². The quantitative estimate of drug-likeness (QED) is 0.748. The second-order valence-electron chi connectivity index (χ2n) is 4.73. The van der Waals surface area contributed by atoms with Crippen LogP contribution in [0.1, 0.15) is 18.4 Å². The minimum Gasteiger partial charge on any atom is -0.472 e. The van der Waals surface area contributed by atoms with Crippen molar-refractivity contribution in [3.8, 4) is 0 Å². The zero-order chi connectivity index (χ0) is 11.1. The van der Waals surface area contributed by atoms with Crippen LogP contribution in [0.15, 0.2) is 23.0 Å². The Kier molecular flexibility index (Phi) is 2.24. The number of hydrogen-bond donors (Lipinski definition) is 0. The highest BCUT2D eigenvalue weighted by molar-refractivity contribution is 5.79. The lowest BCUT2D eigenvalue weighted by atomic mass is 10.1. The molecule has 0 N–H and O–H groups in total. The first-order valence-electron chi connectivity index (χ1n) is 5.76. The fourth-order valence-corrected chi connectivity index (χ4v) is 2.94. The third-order valence-electron chi connectivity index (χ3n) is 3.87. The van der Waals surface area contributed by atoms with Gasteiger partial charge < -0.3 is 9.32 Å². The van der Waals surface area contributed by atoms with Gasteiger partial charge >= 0.3 is 0 Å². The molecular formula is C12H16N2O2. The number of likely N-dealkylation sites (tertiary alicyclic amines) is 2. The maximum atomic E-state index is 11.6. The Morgan fingerprint density at radius 1 is 1.50 bits per heavy atom. The summed E-state index contributed by atoms with van der Waals surface area (Å²) in [5, 5.41) is 0. The van der Waals surface area contributed by atoms with Crippen LogP contribution in [0, 0.1) is 0 Å². The third-order valence-corrected chi connectivity index (χ3v) is 3.87. The van der Waals surface area contributed by atoms with E-state index in [9.17, 15) is 4.79 Å². The van der Waals surface area contributed by atoms with Crippen LogP contribution in [0.4, 0.5) is 0 Å². The number of carbonyl (C=O) groups excluding carboxylic acids is 1. The average molecular weight is 220 g/mol. The predicted octanol–water partition coefficient (Wildman–Crippen LogP) is 1.08. The van der Waals surface area contributed by atoms with Gasteiger partial charge in [-0.25, -0.2) is 0 Å². The molecule has 1 aromatic rings. The Bertz CT molecular complexity index is 388. The largest absolute Gasteiger partial charge is 0.472 e. The Labute approximate surface area is 94.8 Å². The normalized spacial score (nSPS) is 30.1. The number of furan rings is 1. The van der Waals surface area contributed by atoms with Crippen LogP contribution < -0.4 is 0 Å². The summed E-state index contributed by atoms with van der Waals surface area (Å²) in [4.78, 5) is 15.9. The van der Waals surface area contributed by atoms with E-state index in [0.717, 1.165) is 19.5 Å². The molecule has 0 radical (unpaired) electrons. The first-order valence-corrected chi connectivity index (χ1v) is 5.76. The summed E-state index contributed by atoms with van der Waals surface area (Å²) >= 11 is 0. The molecule has 0 aromatic carbocycles. The standard InChI is InChI=1S/C12H16N2O2/c1-13-10-2-4-14(11(10)6-12(13)15)7-9-3-5-16-8-9/h3,5,8,10-11H,2,4,6-7H2,1H3/t10-,11+/m0/s1. The van der Waals surface area contributed by atoms with Gasteiger partial charge in [-0.15, -0.1) is 0 Å². The fourth-order valence-electron chi connectivity index (χ4n) is 2.94. The molecule has 2 atom stereocenters. The van der Waals surface area contributed by atoms with Gasteiger partial charge in [-0.2, -0.15) is 0 Å². The molecular weight excluding hydrogens is 204 g/mol. The van der Waals surface area contributed by atoms with Crippen LogP contribution in [0.2, 0.25) is 0 Å². The molecule has 0 bridgehead atoms. The SMILES string of the molecule is CN1C(=O)C[C@@H]2[C@@H]1CCN2Cc1ccoc1. The van der Waals surface area contributed by atoms with Crippen molar-refractivity contribution in [2.45, 2.75) is 31.5 Å². The monoisotopic (exact) mass is 220 g/mol. The fraction of sp³-hybridized carbons (Fsp3) is 0.583. The second kappa shape index (κ2) is 3.63. The molecule has 2 aliphatic heterocycles. The Balaban J connectivity index is 1.72. The number of nitrogens with zero attached hydrogens (tertiary/aromatic N) is 2. The zero-order valence-corrected chi connectivity index (χ0v) is 9.43. The highest BCUT2D eigenvalue weighted by atomic mass is 16.3. The van der Waals surface area contributed by atoms with Crippen LogP contribution in [0.5, 0.6) is 0 Å². The summed E-state index contributed by atoms with van der Waals surface area (Å²) in [6.07, 6.45) is 5.27. The molecule has 16 heavy (non-hydrogen) atoms. The minimum absolute atomic E-state index is 0.284. The predicted molar refractivity (Wildman–Crippen MR) is 58.7 cm³/mol. The summed E-state index contributed by atoms with van der Waals surface area (Å²) in [7, 11) is 1.92. The molecule has 2 fully saturated rings. The Morgan fingerprint density at radius 3 is 3.12 bits per heavy atom. The second-order valence-corrected chi connectivity index (χ2v) is 4.73. The summed E-state index contributed by atoms with van der Waals surface area (Å²) in [5.41, 5.74) is 1.20. The van der Waals surface area contributed by atoms with E-state index >= 15 is 0 Å². The molecule has 0 saturated carbocycles. The molecule has 3 heterocycles. The van der Waals surface area contributed by atoms with Crippen molar-refractivity contribution in [3.63, 3.8) is 0 Å². The van der Waals surface area contributed by atoms with Gasteiger partial charge in [0, 0.05) is 44.2 Å². The van der Waals surface area contributed by atoms with Crippen LogP contribution in [0.25, 0.3) is 0 Å². The van der Waals surface area contributed by atoms with Gasteiger partial charge in [0.25, 0.3) is 0 Å². The third kappa shape index (κ3) is 1.45. The molecule has 0 aliphatic carbocycles. The van der Waals surface area contributed by atoms with Crippen LogP contribution in [-0.2, 0) is 11.3 Å². The summed E-state index contributed by atoms with van der Waals surface area (Å²) in [5.74, 6) is 0.284. The van der Waals surface area contributed by atoms with Gasteiger partial charge in [0.15, 0.2) is 0 Å². The van der Waals surface area contributed by atoms with Gasteiger partial charge in [-0.3, -0.25) is 9.69 Å². The highest BCUT2D eigenvalue weighted by Crippen LogP contribution is 2.32. The number of amides is 1. The summed E-state index contributed by atoms with van der Waals surface area (Å²) < 4.78 is 5.07. The molecule has 3 rings (SSSR count). The van der Waals surface area contributed by atoms with E-state index in [2.05, 4.69) is 4.90 Å². The maximum Gasteiger partial charge on any atom is 0.224 e. The van der Waals surface area contributed by atoms with Crippen molar-refractivity contribution in [2.24, 2.45) is 0 Å². The molecule has 4 nitrogen and oxygen atoms in total. The molecule has 2 saturated heterocycles. The first kappa shape index (κ1) is 9.90. The molecule has 4 heteroatoms. The van der Waals surface area contributed by atoms with E-state index in [0.29, 0.717) is 18.5 Å². The van der Waals surface area contributed by atoms with Gasteiger partial charge in [-0.05, 0) is 12.5 Å². The maximum absolute atomic E-state index is 11.6. The first-order chi connectivity index (χ1) is 7.75. The van der Waals surface area contributed by atoms with Crippen LogP contribution in [0.3, 0.4) is 0 Å². The van der Waals surface area contributed by atoms with Gasteiger partial charge in [0.2, 0.25) is 5.91 Å². The van der Waals surface area contributed by atoms with Crippen molar-refractivity contribution < 1.29 is 9.21 Å². The topological polar surface area (TPSA) is 36.7 Å². The van der Waals surface area contributed by atoms with Crippen molar-refractivity contribution in [1.82, 2.24) is 9.80 Å². The van der Waals surface area contributed by atoms with Crippen LogP contribution >= 0.6 is 0 Å². The van der Waals surface area contributed by atoms with E-state index in [1.54, 1.807) is 12.5 Å². The number of hydrogen-bond acceptors (Lipinski definition) is 3. The average Bonchev–Trinajstić information content (AvgIpc) is 2.93. The molecule has 86 valence electrons.